The van der Waals surface area contributed by atoms with Gasteiger partial charge in [0.05, 0.1) is 0 Å². The van der Waals surface area contributed by atoms with Crippen LogP contribution in [0.25, 0.3) is 0 Å². The zero-order chi connectivity index (χ0) is 8.10. The van der Waals surface area contributed by atoms with Crippen LogP contribution in [0.5, 0.6) is 5.75 Å². The van der Waals surface area contributed by atoms with Gasteiger partial charge in [0, 0.05) is 0 Å². The molecule has 0 atom stereocenters. The molecule has 0 heterocycles. The van der Waals surface area contributed by atoms with Gasteiger partial charge < -0.3 is 16.4 Å². The molecule has 0 radical (unpaired) electrons. The summed E-state index contributed by atoms with van der Waals surface area (Å²) in [6.45, 7) is 0. The Kier molecular flexibility index (Phi) is 6.46. The smallest absolute Gasteiger partial charge is 1.00 e. The first-order chi connectivity index (χ1) is 5.29. The third kappa shape index (κ3) is 4.76. The van der Waals surface area contributed by atoms with E-state index in [2.05, 4.69) is 9.69 Å². The van der Waals surface area contributed by atoms with Gasteiger partial charge in [0.1, 0.15) is 0 Å². The van der Waals surface area contributed by atoms with Gasteiger partial charge in [0.2, 0.25) is 0 Å². The van der Waals surface area contributed by atoms with Crippen molar-refractivity contribution in [2.75, 3.05) is 0 Å². The van der Waals surface area contributed by atoms with Crippen molar-refractivity contribution in [1.29, 1.82) is 0 Å². The van der Waals surface area contributed by atoms with E-state index in [9.17, 15) is 0 Å². The second-order valence-electron chi connectivity index (χ2n) is 1.82. The van der Waals surface area contributed by atoms with E-state index in [1.807, 2.05) is 6.07 Å². The van der Waals surface area contributed by atoms with Gasteiger partial charge in [0.25, 0.3) is 0 Å². The normalized spacial score (nSPS) is 8.50. The SMILES string of the molecule is OB(O)OOc1ccccc1.[H-].[Na+]. The van der Waals surface area contributed by atoms with E-state index in [1.165, 1.54) is 0 Å². The maximum absolute atomic E-state index is 8.22. The number of hydrogen-bond acceptors (Lipinski definition) is 4. The van der Waals surface area contributed by atoms with Gasteiger partial charge in [-0.1, -0.05) is 18.2 Å². The van der Waals surface area contributed by atoms with Crippen LogP contribution < -0.4 is 34.4 Å². The van der Waals surface area contributed by atoms with Crippen molar-refractivity contribution in [2.24, 2.45) is 0 Å². The zero-order valence-corrected chi connectivity index (χ0v) is 8.68. The Morgan fingerprint density at radius 3 is 2.25 bits per heavy atom. The first-order valence-corrected chi connectivity index (χ1v) is 3.03. The molecule has 12 heavy (non-hydrogen) atoms. The van der Waals surface area contributed by atoms with E-state index >= 15 is 0 Å². The van der Waals surface area contributed by atoms with Gasteiger partial charge in [-0.3, -0.25) is 0 Å². The van der Waals surface area contributed by atoms with E-state index in [0.717, 1.165) is 0 Å². The molecule has 2 N–H and O–H groups in total. The second kappa shape index (κ2) is 6.48. The molecule has 0 aromatic heterocycles. The summed E-state index contributed by atoms with van der Waals surface area (Å²) in [6.07, 6.45) is 0. The number of hydrogen-bond donors (Lipinski definition) is 2. The summed E-state index contributed by atoms with van der Waals surface area (Å²) >= 11 is 0. The van der Waals surface area contributed by atoms with Gasteiger partial charge in [-0.05, 0) is 12.1 Å². The Morgan fingerprint density at radius 2 is 1.75 bits per heavy atom. The molecule has 0 bridgehead atoms. The van der Waals surface area contributed by atoms with Crippen LogP contribution in [0.1, 0.15) is 1.43 Å². The minimum absolute atomic E-state index is 0. The van der Waals surface area contributed by atoms with Crippen LogP contribution in [-0.2, 0) is 4.81 Å². The third-order valence-corrected chi connectivity index (χ3v) is 0.974. The molecule has 0 saturated carbocycles. The molecule has 1 aromatic carbocycles. The molecule has 1 aromatic rings. The van der Waals surface area contributed by atoms with Gasteiger partial charge in [0.15, 0.2) is 5.75 Å². The Balaban J connectivity index is 0. The Bertz CT molecular complexity index is 211. The fourth-order valence-corrected chi connectivity index (χ4v) is 0.575. The predicted molar refractivity (Wildman–Crippen MR) is 39.5 cm³/mol. The minimum atomic E-state index is -1.91. The van der Waals surface area contributed by atoms with E-state index < -0.39 is 7.32 Å². The average Bonchev–Trinajstić information content (AvgIpc) is 2.03. The van der Waals surface area contributed by atoms with Gasteiger partial charge in [-0.25, -0.2) is 0 Å². The van der Waals surface area contributed by atoms with Crippen LogP contribution in [0.2, 0.25) is 0 Å². The Labute approximate surface area is 94.0 Å². The molecule has 4 nitrogen and oxygen atoms in total. The topological polar surface area (TPSA) is 58.9 Å². The molecular weight excluding hydrogens is 170 g/mol. The fourth-order valence-electron chi connectivity index (χ4n) is 0.575. The zero-order valence-electron chi connectivity index (χ0n) is 7.68. The van der Waals surface area contributed by atoms with E-state index in [4.69, 9.17) is 10.0 Å². The third-order valence-electron chi connectivity index (χ3n) is 0.974. The van der Waals surface area contributed by atoms with Crippen LogP contribution in [0.3, 0.4) is 0 Å². The van der Waals surface area contributed by atoms with Crippen molar-refractivity contribution >= 4 is 7.32 Å². The standard InChI is InChI=1S/C6H7BO4.Na.H/c8-7(9)11-10-6-4-2-1-3-5-6;;/h1-5,8-9H;;/q;+1;-1. The first kappa shape index (κ1) is 12.0. The summed E-state index contributed by atoms with van der Waals surface area (Å²) < 4.78 is 0. The number of rotatable bonds is 3. The molecule has 0 aliphatic heterocycles. The van der Waals surface area contributed by atoms with Crippen LogP contribution in [0.15, 0.2) is 30.3 Å². The maximum Gasteiger partial charge on any atom is 1.00 e. The molecular formula is C6H8BNaO4. The predicted octanol–water partition coefficient (Wildman–Crippen LogP) is -2.92. The van der Waals surface area contributed by atoms with Crippen molar-refractivity contribution in [2.45, 2.75) is 0 Å². The molecule has 6 heteroatoms. The van der Waals surface area contributed by atoms with E-state index in [-0.39, 0.29) is 31.0 Å². The summed E-state index contributed by atoms with van der Waals surface area (Å²) in [5.74, 6) is 0.417. The fraction of sp³-hybridized carbons (Fsp3) is 0. The van der Waals surface area contributed by atoms with Crippen molar-refractivity contribution in [3.63, 3.8) is 0 Å². The van der Waals surface area contributed by atoms with Crippen molar-refractivity contribution in [3.05, 3.63) is 30.3 Å². The summed E-state index contributed by atoms with van der Waals surface area (Å²) in [5, 5.41) is 16.4. The molecule has 0 unspecified atom stereocenters. The van der Waals surface area contributed by atoms with Gasteiger partial charge in [-0.2, -0.15) is 4.81 Å². The summed E-state index contributed by atoms with van der Waals surface area (Å²) in [6, 6.07) is 8.54. The van der Waals surface area contributed by atoms with E-state index in [0.29, 0.717) is 5.75 Å². The molecule has 0 saturated heterocycles. The van der Waals surface area contributed by atoms with Crippen LogP contribution in [-0.4, -0.2) is 17.4 Å². The average molecular weight is 178 g/mol. The maximum atomic E-state index is 8.22. The summed E-state index contributed by atoms with van der Waals surface area (Å²) in [5.41, 5.74) is 0. The number of benzene rings is 1. The molecule has 0 aliphatic carbocycles. The monoisotopic (exact) mass is 178 g/mol. The summed E-state index contributed by atoms with van der Waals surface area (Å²) in [4.78, 5) is 8.51. The molecule has 60 valence electrons. The number of para-hydroxylation sites is 1. The minimum Gasteiger partial charge on any atom is -1.00 e. The molecule has 1 rings (SSSR count). The molecule has 0 fully saturated rings. The Morgan fingerprint density at radius 1 is 1.17 bits per heavy atom. The van der Waals surface area contributed by atoms with Crippen molar-refractivity contribution in [3.8, 4) is 5.75 Å². The van der Waals surface area contributed by atoms with Gasteiger partial charge in [-0.15, -0.1) is 0 Å². The largest absolute Gasteiger partial charge is 1.00 e. The van der Waals surface area contributed by atoms with E-state index in [1.54, 1.807) is 24.3 Å². The van der Waals surface area contributed by atoms with Crippen LogP contribution in [0.4, 0.5) is 0 Å². The van der Waals surface area contributed by atoms with Crippen LogP contribution in [0, 0.1) is 0 Å². The summed E-state index contributed by atoms with van der Waals surface area (Å²) in [7, 11) is -1.91. The Hall–Kier alpha value is -0.0351. The molecule has 0 aliphatic rings. The second-order valence-corrected chi connectivity index (χ2v) is 1.82. The molecule has 0 amide bonds. The van der Waals surface area contributed by atoms with Crippen molar-refractivity contribution in [1.82, 2.24) is 0 Å². The molecule has 0 spiro atoms. The quantitative estimate of drug-likeness (QED) is 0.296. The van der Waals surface area contributed by atoms with Gasteiger partial charge >= 0.3 is 36.9 Å². The van der Waals surface area contributed by atoms with Crippen molar-refractivity contribution < 1.29 is 50.7 Å². The van der Waals surface area contributed by atoms with Crippen LogP contribution >= 0.6 is 0 Å². The first-order valence-electron chi connectivity index (χ1n) is 3.03.